The molecule has 1 unspecified atom stereocenters. The van der Waals surface area contributed by atoms with Crippen LogP contribution >= 0.6 is 11.6 Å². The Balaban J connectivity index is 2.67. The minimum absolute atomic E-state index is 0.0156. The zero-order valence-electron chi connectivity index (χ0n) is 7.53. The summed E-state index contributed by atoms with van der Waals surface area (Å²) in [4.78, 5) is 0. The Morgan fingerprint density at radius 2 is 2.15 bits per heavy atom. The predicted octanol–water partition coefficient (Wildman–Crippen LogP) is 1.89. The molecule has 1 N–H and O–H groups in total. The lowest BCUT2D eigenvalue weighted by molar-refractivity contribution is 0.0495. The highest BCUT2D eigenvalue weighted by Crippen LogP contribution is 2.17. The number of halogens is 1. The van der Waals surface area contributed by atoms with Gasteiger partial charge in [-0.15, -0.1) is 0 Å². The largest absolute Gasteiger partial charge is 0.394 e. The van der Waals surface area contributed by atoms with Gasteiger partial charge in [0.1, 0.15) is 0 Å². The number of benzene rings is 1. The quantitative estimate of drug-likeness (QED) is 0.805. The lowest BCUT2D eigenvalue weighted by Crippen LogP contribution is -2.18. The molecule has 0 amide bonds. The molecule has 0 aromatic heterocycles. The van der Waals surface area contributed by atoms with Gasteiger partial charge in [-0.05, 0) is 11.6 Å². The van der Waals surface area contributed by atoms with Crippen molar-refractivity contribution in [1.29, 1.82) is 0 Å². The fourth-order valence-corrected chi connectivity index (χ4v) is 1.34. The van der Waals surface area contributed by atoms with Crippen molar-refractivity contribution in [3.05, 3.63) is 34.9 Å². The third-order valence-electron chi connectivity index (χ3n) is 1.94. The molecule has 72 valence electrons. The van der Waals surface area contributed by atoms with E-state index in [4.69, 9.17) is 21.4 Å². The molecule has 0 spiro atoms. The van der Waals surface area contributed by atoms with E-state index in [1.165, 1.54) is 0 Å². The molecule has 1 atom stereocenters. The maximum absolute atomic E-state index is 8.91. The third-order valence-corrected chi connectivity index (χ3v) is 2.31. The van der Waals surface area contributed by atoms with Crippen LogP contribution in [0.2, 0.25) is 5.02 Å². The van der Waals surface area contributed by atoms with E-state index in [0.717, 1.165) is 10.6 Å². The molecule has 1 rings (SSSR count). The van der Waals surface area contributed by atoms with Crippen LogP contribution in [-0.4, -0.2) is 24.9 Å². The van der Waals surface area contributed by atoms with E-state index in [9.17, 15) is 0 Å². The fraction of sp³-hybridized carbons (Fsp3) is 0.400. The van der Waals surface area contributed by atoms with E-state index in [2.05, 4.69) is 0 Å². The van der Waals surface area contributed by atoms with Gasteiger partial charge in [-0.2, -0.15) is 0 Å². The van der Waals surface area contributed by atoms with Crippen LogP contribution in [0, 0.1) is 0 Å². The summed E-state index contributed by atoms with van der Waals surface area (Å²) in [5.41, 5.74) is 1.00. The normalized spacial score (nSPS) is 12.8. The van der Waals surface area contributed by atoms with Crippen molar-refractivity contribution in [3.63, 3.8) is 0 Å². The van der Waals surface area contributed by atoms with Crippen LogP contribution in [0.3, 0.4) is 0 Å². The number of methoxy groups -OCH3 is 1. The van der Waals surface area contributed by atoms with Gasteiger partial charge in [-0.1, -0.05) is 29.8 Å². The van der Waals surface area contributed by atoms with Crippen LogP contribution in [0.15, 0.2) is 24.3 Å². The molecule has 1 aromatic carbocycles. The summed E-state index contributed by atoms with van der Waals surface area (Å²) in [6.45, 7) is 0.0156. The molecular formula is C10H13ClO2. The molecule has 0 aliphatic rings. The molecule has 13 heavy (non-hydrogen) atoms. The summed E-state index contributed by atoms with van der Waals surface area (Å²) < 4.78 is 5.05. The van der Waals surface area contributed by atoms with Gasteiger partial charge in [0, 0.05) is 18.6 Å². The van der Waals surface area contributed by atoms with E-state index in [1.54, 1.807) is 7.11 Å². The van der Waals surface area contributed by atoms with E-state index in [1.807, 2.05) is 24.3 Å². The maximum Gasteiger partial charge on any atom is 0.0842 e. The summed E-state index contributed by atoms with van der Waals surface area (Å²) in [7, 11) is 1.58. The second kappa shape index (κ2) is 5.22. The highest BCUT2D eigenvalue weighted by molar-refractivity contribution is 6.31. The van der Waals surface area contributed by atoms with Crippen molar-refractivity contribution >= 4 is 11.6 Å². The van der Waals surface area contributed by atoms with Gasteiger partial charge in [0.15, 0.2) is 0 Å². The van der Waals surface area contributed by atoms with Gasteiger partial charge in [0.25, 0.3) is 0 Å². The summed E-state index contributed by atoms with van der Waals surface area (Å²) in [5.74, 6) is 0. The highest BCUT2D eigenvalue weighted by Gasteiger charge is 2.08. The van der Waals surface area contributed by atoms with E-state index >= 15 is 0 Å². The molecule has 0 saturated carbocycles. The Bertz CT molecular complexity index is 259. The van der Waals surface area contributed by atoms with Gasteiger partial charge < -0.3 is 9.84 Å². The van der Waals surface area contributed by atoms with Crippen molar-refractivity contribution in [2.75, 3.05) is 13.7 Å². The molecule has 0 fully saturated rings. The van der Waals surface area contributed by atoms with Gasteiger partial charge in [-0.3, -0.25) is 0 Å². The van der Waals surface area contributed by atoms with Crippen LogP contribution in [0.4, 0.5) is 0 Å². The smallest absolute Gasteiger partial charge is 0.0842 e. The van der Waals surface area contributed by atoms with E-state index < -0.39 is 0 Å². The fourth-order valence-electron chi connectivity index (χ4n) is 1.13. The third kappa shape index (κ3) is 2.99. The number of rotatable bonds is 4. The molecule has 2 nitrogen and oxygen atoms in total. The topological polar surface area (TPSA) is 29.5 Å². The van der Waals surface area contributed by atoms with E-state index in [0.29, 0.717) is 6.42 Å². The average molecular weight is 201 g/mol. The van der Waals surface area contributed by atoms with Crippen molar-refractivity contribution in [1.82, 2.24) is 0 Å². The summed E-state index contributed by atoms with van der Waals surface area (Å²) >= 11 is 5.95. The Hall–Kier alpha value is -0.570. The first kappa shape index (κ1) is 10.5. The minimum Gasteiger partial charge on any atom is -0.394 e. The first-order chi connectivity index (χ1) is 6.27. The summed E-state index contributed by atoms with van der Waals surface area (Å²) in [6, 6.07) is 7.57. The molecule has 0 aliphatic carbocycles. The first-order valence-electron chi connectivity index (χ1n) is 4.15. The standard InChI is InChI=1S/C10H13ClO2/c1-13-9(7-12)6-8-4-2-3-5-10(8)11/h2-5,9,12H,6-7H2,1H3. The number of aliphatic hydroxyl groups is 1. The number of hydrogen-bond acceptors (Lipinski definition) is 2. The van der Waals surface area contributed by atoms with Gasteiger partial charge in [-0.25, -0.2) is 0 Å². The maximum atomic E-state index is 8.91. The Labute approximate surface area is 83.1 Å². The Kier molecular flexibility index (Phi) is 4.22. The summed E-state index contributed by atoms with van der Waals surface area (Å²) in [5, 5.41) is 9.63. The number of ether oxygens (including phenoxy) is 1. The Morgan fingerprint density at radius 3 is 2.69 bits per heavy atom. The molecule has 0 bridgehead atoms. The van der Waals surface area contributed by atoms with Gasteiger partial charge in [0.2, 0.25) is 0 Å². The van der Waals surface area contributed by atoms with Gasteiger partial charge in [0.05, 0.1) is 12.7 Å². The van der Waals surface area contributed by atoms with Crippen LogP contribution in [0.5, 0.6) is 0 Å². The molecule has 0 aliphatic heterocycles. The molecule has 0 radical (unpaired) electrons. The molecule has 1 aromatic rings. The van der Waals surface area contributed by atoms with Crippen LogP contribution in [0.25, 0.3) is 0 Å². The zero-order valence-corrected chi connectivity index (χ0v) is 8.29. The number of hydrogen-bond donors (Lipinski definition) is 1. The molecule has 0 heterocycles. The lowest BCUT2D eigenvalue weighted by Gasteiger charge is -2.12. The van der Waals surface area contributed by atoms with Gasteiger partial charge >= 0.3 is 0 Å². The average Bonchev–Trinajstić information content (AvgIpc) is 2.17. The molecule has 0 saturated heterocycles. The zero-order chi connectivity index (χ0) is 9.68. The van der Waals surface area contributed by atoms with Crippen molar-refractivity contribution in [2.45, 2.75) is 12.5 Å². The second-order valence-corrected chi connectivity index (χ2v) is 3.24. The SMILES string of the molecule is COC(CO)Cc1ccccc1Cl. The monoisotopic (exact) mass is 200 g/mol. The van der Waals surface area contributed by atoms with Crippen molar-refractivity contribution < 1.29 is 9.84 Å². The van der Waals surface area contributed by atoms with Crippen molar-refractivity contribution in [3.8, 4) is 0 Å². The summed E-state index contributed by atoms with van der Waals surface area (Å²) in [6.07, 6.45) is 0.479. The lowest BCUT2D eigenvalue weighted by atomic mass is 10.1. The van der Waals surface area contributed by atoms with E-state index in [-0.39, 0.29) is 12.7 Å². The van der Waals surface area contributed by atoms with Crippen LogP contribution in [0.1, 0.15) is 5.56 Å². The van der Waals surface area contributed by atoms with Crippen molar-refractivity contribution in [2.24, 2.45) is 0 Å². The minimum atomic E-state index is -0.167. The van der Waals surface area contributed by atoms with Crippen LogP contribution in [-0.2, 0) is 11.2 Å². The van der Waals surface area contributed by atoms with Crippen LogP contribution < -0.4 is 0 Å². The first-order valence-corrected chi connectivity index (χ1v) is 4.52. The number of aliphatic hydroxyl groups excluding tert-OH is 1. The second-order valence-electron chi connectivity index (χ2n) is 2.84. The Morgan fingerprint density at radius 1 is 1.46 bits per heavy atom. The predicted molar refractivity (Wildman–Crippen MR) is 53.0 cm³/mol. The molecule has 3 heteroatoms. The molecular weight excluding hydrogens is 188 g/mol. The highest BCUT2D eigenvalue weighted by atomic mass is 35.5.